The van der Waals surface area contributed by atoms with Crippen molar-refractivity contribution in [3.05, 3.63) is 46.5 Å². The SMILES string of the molecule is Cc1cc(=O)[nH]n1-c1ccccn1. The highest BCUT2D eigenvalue weighted by atomic mass is 16.1. The van der Waals surface area contributed by atoms with Gasteiger partial charge in [0.2, 0.25) is 0 Å². The highest BCUT2D eigenvalue weighted by molar-refractivity contribution is 5.22. The van der Waals surface area contributed by atoms with Crippen molar-refractivity contribution in [2.24, 2.45) is 0 Å². The predicted octanol–water partition coefficient (Wildman–Crippen LogP) is 0.869. The molecule has 0 saturated carbocycles. The molecule has 0 fully saturated rings. The Morgan fingerprint density at radius 3 is 2.85 bits per heavy atom. The van der Waals surface area contributed by atoms with E-state index in [0.717, 1.165) is 11.5 Å². The normalized spacial score (nSPS) is 10.2. The zero-order valence-electron chi connectivity index (χ0n) is 7.19. The van der Waals surface area contributed by atoms with Gasteiger partial charge < -0.3 is 0 Å². The topological polar surface area (TPSA) is 50.7 Å². The van der Waals surface area contributed by atoms with Crippen LogP contribution in [0.4, 0.5) is 0 Å². The van der Waals surface area contributed by atoms with Crippen LogP contribution < -0.4 is 5.56 Å². The lowest BCUT2D eigenvalue weighted by Crippen LogP contribution is -2.05. The molecule has 13 heavy (non-hydrogen) atoms. The van der Waals surface area contributed by atoms with E-state index in [1.54, 1.807) is 10.9 Å². The minimum Gasteiger partial charge on any atom is -0.268 e. The second-order valence-electron chi connectivity index (χ2n) is 2.79. The van der Waals surface area contributed by atoms with E-state index in [9.17, 15) is 4.79 Å². The molecule has 2 heterocycles. The zero-order valence-corrected chi connectivity index (χ0v) is 7.19. The maximum absolute atomic E-state index is 11.0. The second kappa shape index (κ2) is 2.90. The molecular formula is C9H9N3O. The van der Waals surface area contributed by atoms with Gasteiger partial charge in [0.25, 0.3) is 5.56 Å². The van der Waals surface area contributed by atoms with Gasteiger partial charge in [0.15, 0.2) is 5.82 Å². The van der Waals surface area contributed by atoms with E-state index in [4.69, 9.17) is 0 Å². The molecule has 2 aromatic heterocycles. The van der Waals surface area contributed by atoms with E-state index in [1.807, 2.05) is 25.1 Å². The molecule has 1 N–H and O–H groups in total. The van der Waals surface area contributed by atoms with Crippen LogP contribution in [0.2, 0.25) is 0 Å². The van der Waals surface area contributed by atoms with Crippen LogP contribution in [0, 0.1) is 6.92 Å². The first kappa shape index (κ1) is 7.79. The highest BCUT2D eigenvalue weighted by Gasteiger charge is 2.01. The third-order valence-corrected chi connectivity index (χ3v) is 1.79. The van der Waals surface area contributed by atoms with Crippen LogP contribution in [-0.4, -0.2) is 14.8 Å². The van der Waals surface area contributed by atoms with Gasteiger partial charge in [0.1, 0.15) is 0 Å². The molecule has 0 aliphatic carbocycles. The molecule has 0 radical (unpaired) electrons. The lowest BCUT2D eigenvalue weighted by molar-refractivity contribution is 0.806. The number of nitrogens with one attached hydrogen (secondary N) is 1. The summed E-state index contributed by atoms with van der Waals surface area (Å²) in [6, 6.07) is 7.08. The summed E-state index contributed by atoms with van der Waals surface area (Å²) in [5.41, 5.74) is 0.742. The highest BCUT2D eigenvalue weighted by Crippen LogP contribution is 2.02. The molecule has 0 atom stereocenters. The summed E-state index contributed by atoms with van der Waals surface area (Å²) in [6.07, 6.45) is 1.69. The van der Waals surface area contributed by atoms with Crippen molar-refractivity contribution >= 4 is 0 Å². The Morgan fingerprint density at radius 2 is 2.31 bits per heavy atom. The standard InChI is InChI=1S/C9H9N3O/c1-7-6-9(13)11-12(7)8-4-2-3-5-10-8/h2-6H,1H3,(H,11,13). The van der Waals surface area contributed by atoms with Crippen LogP contribution in [0.15, 0.2) is 35.3 Å². The molecular weight excluding hydrogens is 166 g/mol. The Labute approximate surface area is 74.8 Å². The maximum Gasteiger partial charge on any atom is 0.264 e. The van der Waals surface area contributed by atoms with Gasteiger partial charge >= 0.3 is 0 Å². The predicted molar refractivity (Wildman–Crippen MR) is 48.9 cm³/mol. The minimum absolute atomic E-state index is 0.108. The summed E-state index contributed by atoms with van der Waals surface area (Å²) in [7, 11) is 0. The van der Waals surface area contributed by atoms with Crippen LogP contribution in [0.1, 0.15) is 5.69 Å². The fourth-order valence-corrected chi connectivity index (χ4v) is 1.21. The van der Waals surface area contributed by atoms with Crippen molar-refractivity contribution in [1.82, 2.24) is 14.8 Å². The van der Waals surface area contributed by atoms with E-state index in [0.29, 0.717) is 0 Å². The molecule has 0 bridgehead atoms. The molecule has 4 heteroatoms. The number of hydrogen-bond donors (Lipinski definition) is 1. The van der Waals surface area contributed by atoms with Gasteiger partial charge in [-0.25, -0.2) is 9.67 Å². The molecule has 4 nitrogen and oxygen atoms in total. The lowest BCUT2D eigenvalue weighted by Gasteiger charge is -2.01. The zero-order chi connectivity index (χ0) is 9.26. The number of aromatic nitrogens is 3. The Hall–Kier alpha value is -1.84. The third-order valence-electron chi connectivity index (χ3n) is 1.79. The average Bonchev–Trinajstić information content (AvgIpc) is 2.47. The molecule has 0 spiro atoms. The number of rotatable bonds is 1. The molecule has 0 unspecified atom stereocenters. The van der Waals surface area contributed by atoms with Crippen molar-refractivity contribution < 1.29 is 0 Å². The van der Waals surface area contributed by atoms with Crippen molar-refractivity contribution in [3.63, 3.8) is 0 Å². The largest absolute Gasteiger partial charge is 0.268 e. The molecule has 66 valence electrons. The molecule has 0 aliphatic heterocycles. The summed E-state index contributed by atoms with van der Waals surface area (Å²) in [6.45, 7) is 1.85. The van der Waals surface area contributed by atoms with E-state index < -0.39 is 0 Å². The monoisotopic (exact) mass is 175 g/mol. The van der Waals surface area contributed by atoms with Gasteiger partial charge in [-0.1, -0.05) is 6.07 Å². The van der Waals surface area contributed by atoms with Gasteiger partial charge in [-0.2, -0.15) is 0 Å². The van der Waals surface area contributed by atoms with Gasteiger partial charge in [-0.3, -0.25) is 9.89 Å². The van der Waals surface area contributed by atoms with Crippen molar-refractivity contribution in [1.29, 1.82) is 0 Å². The number of pyridine rings is 1. The fourth-order valence-electron chi connectivity index (χ4n) is 1.21. The third kappa shape index (κ3) is 1.38. The van der Waals surface area contributed by atoms with Crippen LogP contribution in [0.3, 0.4) is 0 Å². The van der Waals surface area contributed by atoms with Crippen LogP contribution in [0.5, 0.6) is 0 Å². The molecule has 2 aromatic rings. The summed E-state index contributed by atoms with van der Waals surface area (Å²) in [5.74, 6) is 0.724. The smallest absolute Gasteiger partial charge is 0.264 e. The number of aryl methyl sites for hydroxylation is 1. The van der Waals surface area contributed by atoms with Crippen LogP contribution >= 0.6 is 0 Å². The van der Waals surface area contributed by atoms with Crippen molar-refractivity contribution in [2.75, 3.05) is 0 Å². The first-order chi connectivity index (χ1) is 6.27. The number of H-pyrrole nitrogens is 1. The molecule has 0 amide bonds. The summed E-state index contributed by atoms with van der Waals surface area (Å²) >= 11 is 0. The molecule has 0 aromatic carbocycles. The van der Waals surface area contributed by atoms with E-state index >= 15 is 0 Å². The number of nitrogens with zero attached hydrogens (tertiary/aromatic N) is 2. The first-order valence-electron chi connectivity index (χ1n) is 3.97. The summed E-state index contributed by atoms with van der Waals surface area (Å²) < 4.78 is 1.66. The Kier molecular flexibility index (Phi) is 1.73. The Balaban J connectivity index is 2.59. The van der Waals surface area contributed by atoms with Crippen molar-refractivity contribution in [2.45, 2.75) is 6.92 Å². The van der Waals surface area contributed by atoms with Gasteiger partial charge in [0.05, 0.1) is 0 Å². The van der Waals surface area contributed by atoms with E-state index in [1.165, 1.54) is 6.07 Å². The fraction of sp³-hybridized carbons (Fsp3) is 0.111. The summed E-state index contributed by atoms with van der Waals surface area (Å²) in [4.78, 5) is 15.1. The number of aromatic amines is 1. The maximum atomic E-state index is 11.0. The Morgan fingerprint density at radius 1 is 1.46 bits per heavy atom. The van der Waals surface area contributed by atoms with Crippen LogP contribution in [0.25, 0.3) is 5.82 Å². The minimum atomic E-state index is -0.108. The van der Waals surface area contributed by atoms with Gasteiger partial charge in [-0.15, -0.1) is 0 Å². The van der Waals surface area contributed by atoms with E-state index in [2.05, 4.69) is 10.1 Å². The van der Waals surface area contributed by atoms with Gasteiger partial charge in [-0.05, 0) is 19.1 Å². The van der Waals surface area contributed by atoms with E-state index in [-0.39, 0.29) is 5.56 Å². The summed E-state index contributed by atoms with van der Waals surface area (Å²) in [5, 5.41) is 2.66. The van der Waals surface area contributed by atoms with Crippen molar-refractivity contribution in [3.8, 4) is 5.82 Å². The molecule has 0 saturated heterocycles. The molecule has 0 aliphatic rings. The lowest BCUT2D eigenvalue weighted by atomic mass is 10.4. The van der Waals surface area contributed by atoms with Gasteiger partial charge in [0, 0.05) is 18.0 Å². The average molecular weight is 175 g/mol. The Bertz CT molecular complexity index is 455. The number of hydrogen-bond acceptors (Lipinski definition) is 2. The first-order valence-corrected chi connectivity index (χ1v) is 3.97. The quantitative estimate of drug-likeness (QED) is 0.699. The second-order valence-corrected chi connectivity index (χ2v) is 2.79. The molecule has 2 rings (SSSR count). The van der Waals surface area contributed by atoms with Crippen LogP contribution in [-0.2, 0) is 0 Å².